The molecular formula is C25H28N8O2. The zero-order chi connectivity index (χ0) is 24.8. The van der Waals surface area contributed by atoms with Crippen LogP contribution in [0.4, 0.5) is 5.82 Å². The smallest absolute Gasteiger partial charge is 0.316 e. The zero-order valence-corrected chi connectivity index (χ0v) is 20.2. The van der Waals surface area contributed by atoms with Gasteiger partial charge >= 0.3 is 6.01 Å². The molecule has 180 valence electrons. The molecule has 1 atom stereocenters. The number of carbonyl (C=O) groups excluding carboxylic acids is 1. The van der Waals surface area contributed by atoms with Crippen molar-refractivity contribution in [1.29, 1.82) is 0 Å². The second-order valence-corrected chi connectivity index (χ2v) is 8.25. The second-order valence-electron chi connectivity index (χ2n) is 8.25. The third kappa shape index (κ3) is 5.01. The highest BCUT2D eigenvalue weighted by molar-refractivity contribution is 6.04. The Bertz CT molecular complexity index is 1330. The molecule has 10 heteroatoms. The lowest BCUT2D eigenvalue weighted by Gasteiger charge is -2.30. The van der Waals surface area contributed by atoms with Crippen LogP contribution in [-0.4, -0.2) is 56.0 Å². The highest BCUT2D eigenvalue weighted by atomic mass is 16.5. The van der Waals surface area contributed by atoms with Crippen molar-refractivity contribution < 1.29 is 9.53 Å². The number of carbonyl (C=O) groups is 1. The van der Waals surface area contributed by atoms with Crippen LogP contribution in [0.2, 0.25) is 0 Å². The van der Waals surface area contributed by atoms with Crippen LogP contribution in [0.15, 0.2) is 49.3 Å². The van der Waals surface area contributed by atoms with Crippen LogP contribution in [0.25, 0.3) is 22.2 Å². The number of anilines is 1. The molecule has 0 aliphatic rings. The number of nitrogens with zero attached hydrogens (tertiary/aromatic N) is 6. The number of aromatic nitrogens is 6. The molecule has 10 nitrogen and oxygen atoms in total. The Hall–Kier alpha value is -4.21. The summed E-state index contributed by atoms with van der Waals surface area (Å²) < 4.78 is 5.31. The number of hydrogen-bond donors (Lipinski definition) is 2. The molecule has 0 unspecified atom stereocenters. The molecule has 0 spiro atoms. The van der Waals surface area contributed by atoms with Crippen molar-refractivity contribution in [3.05, 3.63) is 60.6 Å². The van der Waals surface area contributed by atoms with Gasteiger partial charge in [-0.1, -0.05) is 32.0 Å². The summed E-state index contributed by atoms with van der Waals surface area (Å²) in [6, 6.07) is 8.07. The first-order valence-corrected chi connectivity index (χ1v) is 11.5. The maximum absolute atomic E-state index is 12.3. The zero-order valence-electron chi connectivity index (χ0n) is 20.2. The number of nitrogens with one attached hydrogen (secondary N) is 2. The Balaban J connectivity index is 1.60. The van der Waals surface area contributed by atoms with E-state index in [2.05, 4.69) is 60.5 Å². The summed E-state index contributed by atoms with van der Waals surface area (Å²) in [5.41, 5.74) is 3.35. The van der Waals surface area contributed by atoms with Gasteiger partial charge in [0.1, 0.15) is 24.2 Å². The van der Waals surface area contributed by atoms with E-state index in [1.807, 2.05) is 25.1 Å². The Morgan fingerprint density at radius 1 is 1.03 bits per heavy atom. The molecule has 1 amide bonds. The fourth-order valence-corrected chi connectivity index (χ4v) is 3.83. The van der Waals surface area contributed by atoms with Gasteiger partial charge in [0, 0.05) is 48.4 Å². The number of para-hydroxylation sites is 1. The van der Waals surface area contributed by atoms with E-state index in [9.17, 15) is 4.79 Å². The first-order chi connectivity index (χ1) is 17.0. The number of benzene rings is 1. The van der Waals surface area contributed by atoms with Crippen molar-refractivity contribution in [2.24, 2.45) is 0 Å². The van der Waals surface area contributed by atoms with Gasteiger partial charge in [0.15, 0.2) is 0 Å². The van der Waals surface area contributed by atoms with Crippen LogP contribution in [0.3, 0.4) is 0 Å². The lowest BCUT2D eigenvalue weighted by atomic mass is 9.78. The molecule has 0 saturated heterocycles. The third-order valence-corrected chi connectivity index (χ3v) is 6.06. The molecular weight excluding hydrogens is 444 g/mol. The fraction of sp³-hybridized carbons (Fsp3) is 0.320. The van der Waals surface area contributed by atoms with Gasteiger partial charge in [-0.15, -0.1) is 0 Å². The number of rotatable bonds is 9. The summed E-state index contributed by atoms with van der Waals surface area (Å²) in [4.78, 5) is 38.2. The van der Waals surface area contributed by atoms with Crippen molar-refractivity contribution in [2.75, 3.05) is 25.5 Å². The fourth-order valence-electron chi connectivity index (χ4n) is 3.83. The lowest BCUT2D eigenvalue weighted by Crippen LogP contribution is -2.31. The van der Waals surface area contributed by atoms with Crippen LogP contribution in [0.1, 0.15) is 43.2 Å². The molecule has 4 aromatic rings. The van der Waals surface area contributed by atoms with Crippen molar-refractivity contribution in [2.45, 2.75) is 32.6 Å². The maximum Gasteiger partial charge on any atom is 0.316 e. The minimum absolute atomic E-state index is 0.238. The Kier molecular flexibility index (Phi) is 7.09. The quantitative estimate of drug-likeness (QED) is 0.376. The minimum atomic E-state index is -0.290. The molecule has 0 radical (unpaired) electrons. The molecule has 4 rings (SSSR count). The highest BCUT2D eigenvalue weighted by Gasteiger charge is 2.28. The molecule has 3 heterocycles. The molecule has 35 heavy (non-hydrogen) atoms. The molecule has 1 aromatic carbocycles. The predicted octanol–water partition coefficient (Wildman–Crippen LogP) is 3.41. The molecule has 0 aliphatic carbocycles. The molecule has 3 aromatic heterocycles. The van der Waals surface area contributed by atoms with E-state index in [1.165, 1.54) is 12.7 Å². The van der Waals surface area contributed by atoms with E-state index in [0.717, 1.165) is 28.5 Å². The van der Waals surface area contributed by atoms with Gasteiger partial charge in [-0.2, -0.15) is 0 Å². The standard InChI is InChI=1S/C25H28N8O2/c1-5-25(3,18-9-7-8-17-21(18)32-15-33-22(17)23(34)26-4)13-29-20-10-19(30-14-31-20)16-11-27-24(28-12-16)35-6-2/h7-12,14-15H,5-6,13H2,1-4H3,(H,26,34)(H,29,30,31)/t25-/m0/s1. The van der Waals surface area contributed by atoms with Crippen molar-refractivity contribution in [3.8, 4) is 17.3 Å². The molecule has 0 bridgehead atoms. The van der Waals surface area contributed by atoms with Gasteiger partial charge in [0.25, 0.3) is 5.91 Å². The van der Waals surface area contributed by atoms with Crippen molar-refractivity contribution >= 4 is 22.6 Å². The van der Waals surface area contributed by atoms with E-state index in [4.69, 9.17) is 4.74 Å². The van der Waals surface area contributed by atoms with Gasteiger partial charge in [-0.3, -0.25) is 4.79 Å². The van der Waals surface area contributed by atoms with E-state index < -0.39 is 0 Å². The van der Waals surface area contributed by atoms with Crippen molar-refractivity contribution in [3.63, 3.8) is 0 Å². The van der Waals surface area contributed by atoms with Gasteiger partial charge < -0.3 is 15.4 Å². The molecule has 2 N–H and O–H groups in total. The molecule has 0 saturated carbocycles. The monoisotopic (exact) mass is 472 g/mol. The summed E-state index contributed by atoms with van der Waals surface area (Å²) in [5, 5.41) is 6.82. The SMILES string of the molecule is CCOc1ncc(-c2cc(NC[C@](C)(CC)c3cccc4c(C(=O)NC)ncnc34)ncn2)cn1. The normalized spacial score (nSPS) is 12.7. The van der Waals surface area contributed by atoms with Crippen LogP contribution >= 0.6 is 0 Å². The average molecular weight is 473 g/mol. The largest absolute Gasteiger partial charge is 0.464 e. The number of hydrogen-bond acceptors (Lipinski definition) is 9. The van der Waals surface area contributed by atoms with Crippen LogP contribution in [-0.2, 0) is 5.41 Å². The summed E-state index contributed by atoms with van der Waals surface area (Å²) >= 11 is 0. The van der Waals surface area contributed by atoms with E-state index in [-0.39, 0.29) is 11.3 Å². The van der Waals surface area contributed by atoms with Gasteiger partial charge in [0.2, 0.25) is 0 Å². The predicted molar refractivity (Wildman–Crippen MR) is 133 cm³/mol. The summed E-state index contributed by atoms with van der Waals surface area (Å²) in [6.07, 6.45) is 7.15. The molecule has 0 fully saturated rings. The van der Waals surface area contributed by atoms with E-state index >= 15 is 0 Å². The maximum atomic E-state index is 12.3. The van der Waals surface area contributed by atoms with Crippen molar-refractivity contribution in [1.82, 2.24) is 35.2 Å². The third-order valence-electron chi connectivity index (χ3n) is 6.06. The van der Waals surface area contributed by atoms with Crippen LogP contribution in [0, 0.1) is 0 Å². The first kappa shape index (κ1) is 23.9. The lowest BCUT2D eigenvalue weighted by molar-refractivity contribution is 0.0960. The summed E-state index contributed by atoms with van der Waals surface area (Å²) in [6.45, 7) is 7.28. The Morgan fingerprint density at radius 3 is 2.51 bits per heavy atom. The summed E-state index contributed by atoms with van der Waals surface area (Å²) in [7, 11) is 1.59. The van der Waals surface area contributed by atoms with Gasteiger partial charge in [-0.05, 0) is 18.9 Å². The van der Waals surface area contributed by atoms with E-state index in [0.29, 0.717) is 36.4 Å². The highest BCUT2D eigenvalue weighted by Crippen LogP contribution is 2.33. The van der Waals surface area contributed by atoms with Gasteiger partial charge in [-0.25, -0.2) is 29.9 Å². The van der Waals surface area contributed by atoms with Crippen LogP contribution < -0.4 is 15.4 Å². The molecule has 0 aliphatic heterocycles. The number of amides is 1. The first-order valence-electron chi connectivity index (χ1n) is 11.5. The Morgan fingerprint density at radius 2 is 1.80 bits per heavy atom. The number of fused-ring (bicyclic) bond motifs is 1. The minimum Gasteiger partial charge on any atom is -0.464 e. The van der Waals surface area contributed by atoms with E-state index in [1.54, 1.807) is 19.4 Å². The van der Waals surface area contributed by atoms with Crippen LogP contribution in [0.5, 0.6) is 6.01 Å². The Labute approximate surface area is 203 Å². The average Bonchev–Trinajstić information content (AvgIpc) is 2.91. The van der Waals surface area contributed by atoms with Gasteiger partial charge in [0.05, 0.1) is 17.8 Å². The summed E-state index contributed by atoms with van der Waals surface area (Å²) in [5.74, 6) is 0.446. The number of ether oxygens (including phenoxy) is 1. The topological polar surface area (TPSA) is 128 Å². The second kappa shape index (κ2) is 10.4.